The zero-order valence-electron chi connectivity index (χ0n) is 18.0. The average molecular weight is 457 g/mol. The number of nitrogens with one attached hydrogen (secondary N) is 1. The fourth-order valence-electron chi connectivity index (χ4n) is 3.56. The lowest BCUT2D eigenvalue weighted by molar-refractivity contribution is -0.154. The van der Waals surface area contributed by atoms with Crippen LogP contribution >= 0.6 is 0 Å². The lowest BCUT2D eigenvalue weighted by Gasteiger charge is -2.26. The molecule has 4 rings (SSSR count). The summed E-state index contributed by atoms with van der Waals surface area (Å²) in [6.45, 7) is 3.08. The van der Waals surface area contributed by atoms with Gasteiger partial charge in [-0.3, -0.25) is 4.79 Å². The molecule has 0 aliphatic carbocycles. The van der Waals surface area contributed by atoms with E-state index in [0.717, 1.165) is 11.1 Å². The average Bonchev–Trinajstić information content (AvgIpc) is 3.43. The lowest BCUT2D eigenvalue weighted by atomic mass is 9.82. The van der Waals surface area contributed by atoms with E-state index in [1.165, 1.54) is 23.0 Å². The van der Waals surface area contributed by atoms with Crippen LogP contribution in [-0.2, 0) is 4.79 Å². The summed E-state index contributed by atoms with van der Waals surface area (Å²) in [6, 6.07) is 4.68. The summed E-state index contributed by atoms with van der Waals surface area (Å²) in [6.07, 6.45) is 3.01. The highest BCUT2D eigenvalue weighted by molar-refractivity contribution is 5.88. The minimum Gasteiger partial charge on any atom is -0.369 e. The van der Waals surface area contributed by atoms with E-state index < -0.39 is 23.4 Å². The molecule has 0 aromatic carbocycles. The monoisotopic (exact) mass is 457 g/mol. The van der Waals surface area contributed by atoms with Crippen molar-refractivity contribution in [2.45, 2.75) is 38.8 Å². The molecule has 0 saturated carbocycles. The van der Waals surface area contributed by atoms with Gasteiger partial charge in [0.05, 0.1) is 18.4 Å². The van der Waals surface area contributed by atoms with Crippen molar-refractivity contribution in [1.82, 2.24) is 29.7 Å². The minimum atomic E-state index is -4.48. The third-order valence-electron chi connectivity index (χ3n) is 5.74. The summed E-state index contributed by atoms with van der Waals surface area (Å²) >= 11 is 0. The van der Waals surface area contributed by atoms with Crippen molar-refractivity contribution in [3.63, 3.8) is 0 Å². The Kier molecular flexibility index (Phi) is 5.64. The number of carbonyl (C=O) groups excluding carboxylic acids is 1. The molecule has 0 aliphatic rings. The molecule has 0 bridgehead atoms. The van der Waals surface area contributed by atoms with Crippen LogP contribution in [0.15, 0.2) is 49.3 Å². The number of H-pyrrole nitrogens is 1. The fourth-order valence-corrected chi connectivity index (χ4v) is 3.56. The molecule has 0 spiro atoms. The molecule has 172 valence electrons. The molecule has 11 heteroatoms. The van der Waals surface area contributed by atoms with Gasteiger partial charge in [-0.15, -0.1) is 0 Å². The third-order valence-corrected chi connectivity index (χ3v) is 5.74. The van der Waals surface area contributed by atoms with Crippen LogP contribution in [-0.4, -0.2) is 41.8 Å². The van der Waals surface area contributed by atoms with Crippen LogP contribution in [0.5, 0.6) is 0 Å². The summed E-state index contributed by atoms with van der Waals surface area (Å²) in [4.78, 5) is 27.1. The summed E-state index contributed by atoms with van der Waals surface area (Å²) < 4.78 is 42.7. The Morgan fingerprint density at radius 2 is 1.94 bits per heavy atom. The van der Waals surface area contributed by atoms with Crippen LogP contribution in [0, 0.1) is 5.41 Å². The first-order valence-corrected chi connectivity index (χ1v) is 10.2. The minimum absolute atomic E-state index is 0.00434. The van der Waals surface area contributed by atoms with Crippen molar-refractivity contribution >= 4 is 17.1 Å². The van der Waals surface area contributed by atoms with Crippen molar-refractivity contribution in [2.75, 3.05) is 0 Å². The van der Waals surface area contributed by atoms with E-state index in [9.17, 15) is 18.0 Å². The Balaban J connectivity index is 1.57. The number of pyridine rings is 2. The predicted octanol–water partition coefficient (Wildman–Crippen LogP) is 4.14. The number of fused-ring (bicyclic) bond motifs is 1. The first-order valence-electron chi connectivity index (χ1n) is 10.2. The second-order valence-electron chi connectivity index (χ2n) is 8.46. The number of alkyl halides is 3. The van der Waals surface area contributed by atoms with Gasteiger partial charge in [0, 0.05) is 35.1 Å². The number of nitrogens with two attached hydrogens (primary N) is 1. The molecule has 8 nitrogen and oxygen atoms in total. The first-order chi connectivity index (χ1) is 15.6. The normalized spacial score (nSPS) is 13.4. The Hall–Kier alpha value is -3.76. The second-order valence-corrected chi connectivity index (χ2v) is 8.46. The van der Waals surface area contributed by atoms with Gasteiger partial charge in [0.15, 0.2) is 11.5 Å². The van der Waals surface area contributed by atoms with Crippen LogP contribution < -0.4 is 5.73 Å². The molecule has 0 saturated heterocycles. The molecule has 0 fully saturated rings. The zero-order valence-corrected chi connectivity index (χ0v) is 18.0. The molecule has 4 aromatic rings. The van der Waals surface area contributed by atoms with Crippen molar-refractivity contribution in [2.24, 2.45) is 11.1 Å². The van der Waals surface area contributed by atoms with E-state index in [1.54, 1.807) is 38.8 Å². The van der Waals surface area contributed by atoms with Gasteiger partial charge in [-0.05, 0) is 30.5 Å². The van der Waals surface area contributed by atoms with E-state index in [0.29, 0.717) is 17.0 Å². The maximum absolute atomic E-state index is 13.7. The summed E-state index contributed by atoms with van der Waals surface area (Å²) in [7, 11) is 0. The topological polar surface area (TPSA) is 115 Å². The highest BCUT2D eigenvalue weighted by Crippen LogP contribution is 2.40. The maximum Gasteiger partial charge on any atom is 0.395 e. The number of imidazole rings is 1. The standard InChI is InChI=1S/C22H22F3N7O/c1-21(2,20(26)33)7-5-16(22(23,24)25)13-3-4-17(28-9-13)32-11-14(10-31-32)15-6-8-27-19-18(15)29-12-30-19/h3-4,6,8-12,16H,5,7H2,1-2H3,(H2,26,33)(H,27,29,30). The lowest BCUT2D eigenvalue weighted by Crippen LogP contribution is -2.33. The molecule has 1 unspecified atom stereocenters. The fraction of sp³-hybridized carbons (Fsp3) is 0.318. The van der Waals surface area contributed by atoms with Gasteiger partial charge < -0.3 is 10.7 Å². The Bertz CT molecular complexity index is 1280. The molecule has 1 amide bonds. The number of primary amides is 1. The molecule has 33 heavy (non-hydrogen) atoms. The Labute approximate surface area is 187 Å². The van der Waals surface area contributed by atoms with E-state index in [4.69, 9.17) is 5.73 Å². The smallest absolute Gasteiger partial charge is 0.369 e. The Morgan fingerprint density at radius 1 is 1.15 bits per heavy atom. The number of amides is 1. The molecule has 0 radical (unpaired) electrons. The van der Waals surface area contributed by atoms with Gasteiger partial charge >= 0.3 is 6.18 Å². The summed E-state index contributed by atoms with van der Waals surface area (Å²) in [5.41, 5.74) is 7.20. The van der Waals surface area contributed by atoms with Gasteiger partial charge in [-0.2, -0.15) is 18.3 Å². The van der Waals surface area contributed by atoms with Gasteiger partial charge in [0.2, 0.25) is 5.91 Å². The van der Waals surface area contributed by atoms with Crippen LogP contribution in [0.25, 0.3) is 28.1 Å². The van der Waals surface area contributed by atoms with Gasteiger partial charge in [-0.1, -0.05) is 19.9 Å². The van der Waals surface area contributed by atoms with Crippen molar-refractivity contribution in [3.05, 3.63) is 54.9 Å². The van der Waals surface area contributed by atoms with Crippen LogP contribution in [0.2, 0.25) is 0 Å². The van der Waals surface area contributed by atoms with Gasteiger partial charge in [0.25, 0.3) is 0 Å². The molecule has 1 atom stereocenters. The van der Waals surface area contributed by atoms with Crippen molar-refractivity contribution < 1.29 is 18.0 Å². The van der Waals surface area contributed by atoms with Crippen molar-refractivity contribution in [1.29, 1.82) is 0 Å². The van der Waals surface area contributed by atoms with E-state index >= 15 is 0 Å². The first kappa shape index (κ1) is 22.4. The van der Waals surface area contributed by atoms with Gasteiger partial charge in [-0.25, -0.2) is 19.6 Å². The quantitative estimate of drug-likeness (QED) is 0.433. The molecular formula is C22H22F3N7O. The highest BCUT2D eigenvalue weighted by Gasteiger charge is 2.42. The summed E-state index contributed by atoms with van der Waals surface area (Å²) in [5.74, 6) is -2.01. The van der Waals surface area contributed by atoms with Gasteiger partial charge in [0.1, 0.15) is 5.52 Å². The number of carbonyl (C=O) groups is 1. The number of rotatable bonds is 7. The second kappa shape index (κ2) is 8.30. The summed E-state index contributed by atoms with van der Waals surface area (Å²) in [5, 5.41) is 4.29. The largest absolute Gasteiger partial charge is 0.395 e. The third kappa shape index (κ3) is 4.57. The molecule has 4 aromatic heterocycles. The van der Waals surface area contributed by atoms with Crippen molar-refractivity contribution in [3.8, 4) is 16.9 Å². The predicted molar refractivity (Wildman–Crippen MR) is 115 cm³/mol. The Morgan fingerprint density at radius 3 is 2.61 bits per heavy atom. The zero-order chi connectivity index (χ0) is 23.8. The molecular weight excluding hydrogens is 435 g/mol. The van der Waals surface area contributed by atoms with Crippen LogP contribution in [0.3, 0.4) is 0 Å². The maximum atomic E-state index is 13.7. The van der Waals surface area contributed by atoms with E-state index in [-0.39, 0.29) is 18.4 Å². The molecule has 4 heterocycles. The number of hydrogen-bond acceptors (Lipinski definition) is 5. The number of aromatic nitrogens is 6. The highest BCUT2D eigenvalue weighted by atomic mass is 19.4. The number of aromatic amines is 1. The van der Waals surface area contributed by atoms with Crippen LogP contribution in [0.1, 0.15) is 38.2 Å². The van der Waals surface area contributed by atoms with E-state index in [1.807, 2.05) is 6.07 Å². The van der Waals surface area contributed by atoms with Crippen LogP contribution in [0.4, 0.5) is 13.2 Å². The molecule has 3 N–H and O–H groups in total. The SMILES string of the molecule is CC(C)(CCC(c1ccc(-n2cc(-c3ccnc4[nH]cnc34)cn2)nc1)C(F)(F)F)C(N)=O. The van der Waals surface area contributed by atoms with E-state index in [2.05, 4.69) is 25.0 Å². The number of nitrogens with zero attached hydrogens (tertiary/aromatic N) is 5. The molecule has 0 aliphatic heterocycles. The number of halogens is 3. The number of hydrogen-bond donors (Lipinski definition) is 2.